The van der Waals surface area contributed by atoms with Gasteiger partial charge in [0.2, 0.25) is 0 Å². The standard InChI is InChI=1S/C14H19NO2/c1-2-8-16-11(4-1)10-15-13-5-3-6-14-12(13)7-9-17-14/h2,7-9,11,13,15H,1,3-6,10H2. The molecule has 0 saturated carbocycles. The SMILES string of the molecule is C1=COC(CNC2CCCc3occc32)CC1. The van der Waals surface area contributed by atoms with E-state index in [1.807, 2.05) is 12.5 Å². The van der Waals surface area contributed by atoms with Gasteiger partial charge in [-0.15, -0.1) is 0 Å². The van der Waals surface area contributed by atoms with Crippen molar-refractivity contribution in [3.05, 3.63) is 36.0 Å². The molecule has 2 heterocycles. The number of nitrogens with one attached hydrogen (secondary N) is 1. The van der Waals surface area contributed by atoms with Gasteiger partial charge in [-0.05, 0) is 37.8 Å². The van der Waals surface area contributed by atoms with Gasteiger partial charge in [0, 0.05) is 24.6 Å². The van der Waals surface area contributed by atoms with Gasteiger partial charge in [-0.2, -0.15) is 0 Å². The Balaban J connectivity index is 1.58. The second-order valence-corrected chi connectivity index (χ2v) is 4.86. The molecule has 1 aromatic rings. The topological polar surface area (TPSA) is 34.4 Å². The van der Waals surface area contributed by atoms with Crippen LogP contribution >= 0.6 is 0 Å². The number of hydrogen-bond acceptors (Lipinski definition) is 3. The molecule has 0 fully saturated rings. The molecule has 92 valence electrons. The Hall–Kier alpha value is -1.22. The number of furan rings is 1. The monoisotopic (exact) mass is 233 g/mol. The van der Waals surface area contributed by atoms with Gasteiger partial charge < -0.3 is 14.5 Å². The van der Waals surface area contributed by atoms with Crippen molar-refractivity contribution in [1.82, 2.24) is 5.32 Å². The van der Waals surface area contributed by atoms with Crippen LogP contribution in [0.5, 0.6) is 0 Å². The molecule has 1 N–H and O–H groups in total. The van der Waals surface area contributed by atoms with E-state index in [-0.39, 0.29) is 0 Å². The third kappa shape index (κ3) is 2.39. The second-order valence-electron chi connectivity index (χ2n) is 4.86. The van der Waals surface area contributed by atoms with Crippen LogP contribution in [0.4, 0.5) is 0 Å². The smallest absolute Gasteiger partial charge is 0.110 e. The van der Waals surface area contributed by atoms with Gasteiger partial charge in [-0.25, -0.2) is 0 Å². The van der Waals surface area contributed by atoms with E-state index in [2.05, 4.69) is 17.5 Å². The predicted molar refractivity (Wildman–Crippen MR) is 65.6 cm³/mol. The molecule has 2 atom stereocenters. The van der Waals surface area contributed by atoms with Crippen LogP contribution in [0.25, 0.3) is 0 Å². The van der Waals surface area contributed by atoms with Crippen LogP contribution < -0.4 is 5.32 Å². The maximum absolute atomic E-state index is 5.57. The highest BCUT2D eigenvalue weighted by molar-refractivity contribution is 5.24. The molecule has 17 heavy (non-hydrogen) atoms. The fourth-order valence-electron chi connectivity index (χ4n) is 2.71. The van der Waals surface area contributed by atoms with Crippen LogP contribution in [0.3, 0.4) is 0 Å². The maximum Gasteiger partial charge on any atom is 0.110 e. The van der Waals surface area contributed by atoms with E-state index in [0.29, 0.717) is 12.1 Å². The fraction of sp³-hybridized carbons (Fsp3) is 0.571. The number of rotatable bonds is 3. The van der Waals surface area contributed by atoms with Gasteiger partial charge in [0.05, 0.1) is 12.5 Å². The predicted octanol–water partition coefficient (Wildman–Crippen LogP) is 2.94. The van der Waals surface area contributed by atoms with Crippen LogP contribution in [-0.2, 0) is 11.2 Å². The molecule has 0 saturated heterocycles. The first-order valence-corrected chi connectivity index (χ1v) is 6.53. The number of hydrogen-bond donors (Lipinski definition) is 1. The average molecular weight is 233 g/mol. The third-order valence-corrected chi connectivity index (χ3v) is 3.67. The lowest BCUT2D eigenvalue weighted by Gasteiger charge is -2.26. The van der Waals surface area contributed by atoms with E-state index in [1.165, 1.54) is 24.2 Å². The summed E-state index contributed by atoms with van der Waals surface area (Å²) in [6.07, 6.45) is 11.8. The normalized spacial score (nSPS) is 27.5. The average Bonchev–Trinajstić information content (AvgIpc) is 2.86. The van der Waals surface area contributed by atoms with E-state index >= 15 is 0 Å². The van der Waals surface area contributed by atoms with E-state index in [0.717, 1.165) is 25.8 Å². The Kier molecular flexibility index (Phi) is 3.18. The number of ether oxygens (including phenoxy) is 1. The summed E-state index contributed by atoms with van der Waals surface area (Å²) >= 11 is 0. The largest absolute Gasteiger partial charge is 0.497 e. The van der Waals surface area contributed by atoms with Crippen molar-refractivity contribution in [2.45, 2.75) is 44.2 Å². The van der Waals surface area contributed by atoms with Crippen molar-refractivity contribution in [2.24, 2.45) is 0 Å². The zero-order valence-corrected chi connectivity index (χ0v) is 10.0. The summed E-state index contributed by atoms with van der Waals surface area (Å²) in [5, 5.41) is 3.61. The minimum atomic E-state index is 0.331. The Morgan fingerprint density at radius 1 is 1.35 bits per heavy atom. The lowest BCUT2D eigenvalue weighted by molar-refractivity contribution is 0.118. The molecule has 1 aliphatic heterocycles. The molecule has 3 rings (SSSR count). The first kappa shape index (κ1) is 10.9. The first-order chi connectivity index (χ1) is 8.43. The highest BCUT2D eigenvalue weighted by Crippen LogP contribution is 2.30. The van der Waals surface area contributed by atoms with Crippen LogP contribution in [-0.4, -0.2) is 12.6 Å². The van der Waals surface area contributed by atoms with Crippen molar-refractivity contribution < 1.29 is 9.15 Å². The quantitative estimate of drug-likeness (QED) is 0.871. The minimum absolute atomic E-state index is 0.331. The van der Waals surface area contributed by atoms with Crippen molar-refractivity contribution in [1.29, 1.82) is 0 Å². The summed E-state index contributed by atoms with van der Waals surface area (Å²) in [7, 11) is 0. The van der Waals surface area contributed by atoms with Crippen LogP contribution in [0.1, 0.15) is 43.0 Å². The molecule has 3 nitrogen and oxygen atoms in total. The van der Waals surface area contributed by atoms with E-state index in [9.17, 15) is 0 Å². The molecule has 0 amide bonds. The summed E-state index contributed by atoms with van der Waals surface area (Å²) in [6.45, 7) is 0.930. The van der Waals surface area contributed by atoms with Gasteiger partial charge in [0.1, 0.15) is 11.9 Å². The Labute approximate surface area is 102 Å². The minimum Gasteiger partial charge on any atom is -0.497 e. The zero-order valence-electron chi connectivity index (χ0n) is 10.0. The summed E-state index contributed by atoms with van der Waals surface area (Å²) in [5.41, 5.74) is 1.35. The van der Waals surface area contributed by atoms with Gasteiger partial charge >= 0.3 is 0 Å². The summed E-state index contributed by atoms with van der Waals surface area (Å²) in [4.78, 5) is 0. The van der Waals surface area contributed by atoms with Gasteiger partial charge in [-0.1, -0.05) is 0 Å². The molecule has 3 heteroatoms. The third-order valence-electron chi connectivity index (χ3n) is 3.67. The molecule has 1 aromatic heterocycles. The van der Waals surface area contributed by atoms with Crippen LogP contribution in [0.15, 0.2) is 29.1 Å². The molecule has 2 unspecified atom stereocenters. The Bertz CT molecular complexity index is 397. The summed E-state index contributed by atoms with van der Waals surface area (Å²) in [5.74, 6) is 1.17. The molecule has 1 aliphatic carbocycles. The first-order valence-electron chi connectivity index (χ1n) is 6.53. The molecule has 2 aliphatic rings. The summed E-state index contributed by atoms with van der Waals surface area (Å²) in [6, 6.07) is 2.56. The summed E-state index contributed by atoms with van der Waals surface area (Å²) < 4.78 is 11.1. The lowest BCUT2D eigenvalue weighted by Crippen LogP contribution is -2.33. The Morgan fingerprint density at radius 3 is 3.24 bits per heavy atom. The molecule has 0 radical (unpaired) electrons. The number of fused-ring (bicyclic) bond motifs is 1. The fourth-order valence-corrected chi connectivity index (χ4v) is 2.71. The number of allylic oxidation sites excluding steroid dienone is 1. The number of aryl methyl sites for hydroxylation is 1. The van der Waals surface area contributed by atoms with E-state index in [1.54, 1.807) is 0 Å². The highest BCUT2D eigenvalue weighted by Gasteiger charge is 2.23. The van der Waals surface area contributed by atoms with E-state index < -0.39 is 0 Å². The van der Waals surface area contributed by atoms with Crippen molar-refractivity contribution in [3.63, 3.8) is 0 Å². The van der Waals surface area contributed by atoms with Crippen molar-refractivity contribution in [2.75, 3.05) is 6.54 Å². The van der Waals surface area contributed by atoms with Crippen LogP contribution in [0, 0.1) is 0 Å². The highest BCUT2D eigenvalue weighted by atomic mass is 16.5. The van der Waals surface area contributed by atoms with Gasteiger partial charge in [-0.3, -0.25) is 0 Å². The van der Waals surface area contributed by atoms with E-state index in [4.69, 9.17) is 9.15 Å². The Morgan fingerprint density at radius 2 is 2.35 bits per heavy atom. The zero-order chi connectivity index (χ0) is 11.5. The molecule has 0 spiro atoms. The van der Waals surface area contributed by atoms with Gasteiger partial charge in [0.25, 0.3) is 0 Å². The molecule has 0 aromatic carbocycles. The maximum atomic E-state index is 5.57. The molecule has 0 bridgehead atoms. The molecular weight excluding hydrogens is 214 g/mol. The van der Waals surface area contributed by atoms with Gasteiger partial charge in [0.15, 0.2) is 0 Å². The van der Waals surface area contributed by atoms with Crippen molar-refractivity contribution in [3.8, 4) is 0 Å². The van der Waals surface area contributed by atoms with Crippen LogP contribution in [0.2, 0.25) is 0 Å². The second kappa shape index (κ2) is 4.96. The molecular formula is C14H19NO2. The van der Waals surface area contributed by atoms with Crippen molar-refractivity contribution >= 4 is 0 Å². The lowest BCUT2D eigenvalue weighted by atomic mass is 9.93.